The molecule has 0 aliphatic carbocycles. The minimum atomic E-state index is -6.89. The molecule has 2 N–H and O–H groups in total. The van der Waals surface area contributed by atoms with Crippen LogP contribution in [0.2, 0.25) is 0 Å². The van der Waals surface area contributed by atoms with E-state index < -0.39 is 73.0 Å². The molecular weight excluding hydrogens is 809 g/mol. The van der Waals surface area contributed by atoms with Gasteiger partial charge >= 0.3 is 30.1 Å². The van der Waals surface area contributed by atoms with Gasteiger partial charge in [0.2, 0.25) is 0 Å². The number of piperazine rings is 1. The van der Waals surface area contributed by atoms with E-state index in [0.717, 1.165) is 12.5 Å². The molecule has 20 heteroatoms. The second-order valence-electron chi connectivity index (χ2n) is 15.5. The number of phenols is 1. The number of fused-ring (bicyclic) bond motifs is 4. The predicted octanol–water partition coefficient (Wildman–Crippen LogP) is 7.74. The average molecular weight is 845 g/mol. The molecule has 0 spiro atoms. The molecule has 0 unspecified atom stereocenters. The van der Waals surface area contributed by atoms with Crippen LogP contribution in [0.5, 0.6) is 11.8 Å². The fourth-order valence-electron chi connectivity index (χ4n) is 9.23. The van der Waals surface area contributed by atoms with Crippen molar-refractivity contribution < 1.29 is 62.9 Å². The monoisotopic (exact) mass is 844 g/mol. The Morgan fingerprint density at radius 1 is 0.983 bits per heavy atom. The number of ether oxygens (including phenoxy) is 2. The number of pyridine rings is 1. The summed E-state index contributed by atoms with van der Waals surface area (Å²) in [6.07, 6.45) is -15.8. The zero-order chi connectivity index (χ0) is 42.4. The topological polar surface area (TPSA) is 95.9 Å². The third kappa shape index (κ3) is 6.54. The molecule has 4 aliphatic heterocycles. The van der Waals surface area contributed by atoms with Crippen LogP contribution in [-0.4, -0.2) is 106 Å². The number of aromatic hydroxyl groups is 1. The summed E-state index contributed by atoms with van der Waals surface area (Å²) in [6, 6.07) is 4.38. The number of halogens is 11. The van der Waals surface area contributed by atoms with Crippen LogP contribution in [0.25, 0.3) is 32.9 Å². The number of benzene rings is 2. The Morgan fingerprint density at radius 2 is 1.71 bits per heavy atom. The summed E-state index contributed by atoms with van der Waals surface area (Å²) >= 11 is 0. The fraction of sp³-hybridized carbons (Fsp3) is 0.513. The molecule has 0 amide bonds. The first-order chi connectivity index (χ1) is 27.7. The van der Waals surface area contributed by atoms with Crippen LogP contribution in [0.4, 0.5) is 54.1 Å². The quantitative estimate of drug-likeness (QED) is 0.143. The first-order valence-electron chi connectivity index (χ1n) is 18.8. The molecule has 0 bridgehead atoms. The zero-order valence-electron chi connectivity index (χ0n) is 31.1. The molecule has 4 atom stereocenters. The van der Waals surface area contributed by atoms with E-state index in [1.165, 1.54) is 23.1 Å². The Hall–Kier alpha value is -4.74. The van der Waals surface area contributed by atoms with Gasteiger partial charge in [-0.25, -0.2) is 13.8 Å². The molecule has 8 rings (SSSR count). The Balaban J connectivity index is 1.22. The molecule has 4 aliphatic rings. The molecule has 59 heavy (non-hydrogen) atoms. The predicted molar refractivity (Wildman–Crippen MR) is 191 cm³/mol. The lowest BCUT2D eigenvalue weighted by molar-refractivity contribution is -0.463. The number of hydrogen-bond acceptors (Lipinski definition) is 9. The van der Waals surface area contributed by atoms with Gasteiger partial charge in [-0.15, -0.1) is 6.42 Å². The van der Waals surface area contributed by atoms with Gasteiger partial charge in [0.25, 0.3) is 0 Å². The van der Waals surface area contributed by atoms with Crippen molar-refractivity contribution in [2.75, 3.05) is 37.7 Å². The molecular formula is C39H35F11N6O3. The van der Waals surface area contributed by atoms with E-state index in [2.05, 4.69) is 25.9 Å². The number of terminal acetylenes is 1. The van der Waals surface area contributed by atoms with Gasteiger partial charge in [-0.3, -0.25) is 4.90 Å². The average Bonchev–Trinajstić information content (AvgIpc) is 3.66. The number of alkyl halides is 9. The van der Waals surface area contributed by atoms with Crippen molar-refractivity contribution in [1.29, 1.82) is 0 Å². The van der Waals surface area contributed by atoms with E-state index in [0.29, 0.717) is 43.4 Å². The van der Waals surface area contributed by atoms with Crippen molar-refractivity contribution in [2.24, 2.45) is 0 Å². The molecule has 4 aromatic rings. The molecule has 0 radical (unpaired) electrons. The summed E-state index contributed by atoms with van der Waals surface area (Å²) < 4.78 is 167. The number of rotatable bonds is 7. The van der Waals surface area contributed by atoms with Crippen LogP contribution in [0.1, 0.15) is 50.3 Å². The third-order valence-corrected chi connectivity index (χ3v) is 12.0. The summed E-state index contributed by atoms with van der Waals surface area (Å²) in [6.45, 7) is 1.82. The van der Waals surface area contributed by atoms with Gasteiger partial charge in [0.05, 0.1) is 28.3 Å². The highest BCUT2D eigenvalue weighted by atomic mass is 19.4. The van der Waals surface area contributed by atoms with Gasteiger partial charge in [0, 0.05) is 42.7 Å². The van der Waals surface area contributed by atoms with Crippen LogP contribution in [0.3, 0.4) is 0 Å². The van der Waals surface area contributed by atoms with E-state index >= 15 is 8.78 Å². The van der Waals surface area contributed by atoms with Crippen LogP contribution < -0.4 is 15.0 Å². The van der Waals surface area contributed by atoms with Gasteiger partial charge in [-0.1, -0.05) is 18.9 Å². The number of anilines is 1. The molecule has 2 aromatic heterocycles. The van der Waals surface area contributed by atoms with E-state index in [9.17, 15) is 44.6 Å². The summed E-state index contributed by atoms with van der Waals surface area (Å²) in [5.74, 6) is 0.441. The molecule has 6 heterocycles. The molecule has 3 fully saturated rings. The van der Waals surface area contributed by atoms with Crippen molar-refractivity contribution in [3.8, 4) is 35.4 Å². The Bertz CT molecular complexity index is 2330. The number of phenolic OH excluding ortho intramolecular Hbond substituents is 1. The highest BCUT2D eigenvalue weighted by Crippen LogP contribution is 2.57. The lowest BCUT2D eigenvalue weighted by Crippen LogP contribution is -2.68. The number of nitrogens with zero attached hydrogens (tertiary/aromatic N) is 5. The van der Waals surface area contributed by atoms with Crippen molar-refractivity contribution in [1.82, 2.24) is 25.2 Å². The van der Waals surface area contributed by atoms with Crippen LogP contribution in [0.15, 0.2) is 24.3 Å². The normalized spacial score (nSPS) is 24.0. The smallest absolute Gasteiger partial charge is 0.435 e. The van der Waals surface area contributed by atoms with Crippen LogP contribution in [-0.2, 0) is 11.2 Å². The molecule has 316 valence electrons. The first kappa shape index (κ1) is 41.0. The van der Waals surface area contributed by atoms with Gasteiger partial charge in [-0.2, -0.15) is 49.5 Å². The number of hydrogen-bond donors (Lipinski definition) is 2. The van der Waals surface area contributed by atoms with Gasteiger partial charge in [0.1, 0.15) is 35.2 Å². The zero-order valence-corrected chi connectivity index (χ0v) is 31.1. The second-order valence-corrected chi connectivity index (χ2v) is 15.5. The molecule has 3 saturated heterocycles. The molecule has 0 saturated carbocycles. The van der Waals surface area contributed by atoms with E-state index in [1.807, 2.05) is 11.8 Å². The Morgan fingerprint density at radius 3 is 2.39 bits per heavy atom. The van der Waals surface area contributed by atoms with Crippen molar-refractivity contribution >= 4 is 27.5 Å². The van der Waals surface area contributed by atoms with Crippen molar-refractivity contribution in [2.45, 2.75) is 93.3 Å². The van der Waals surface area contributed by atoms with Crippen LogP contribution in [0, 0.1) is 24.0 Å². The SMILES string of the molecule is C#Cc1c(F)ccc2cc(O)cc(-c3nc4c5c(nc(OC[C@@]67CCCN6C[C@@H](OC(C(F)(F)F)(C(F)(F)F)C(F)(F)F)C7)nc5c3F)N3C[C@@H](CC)NC[C@H]3CC4)c12. The Kier molecular flexibility index (Phi) is 9.86. The first-order valence-corrected chi connectivity index (χ1v) is 18.8. The number of aryl methyl sites for hydroxylation is 1. The highest BCUT2D eigenvalue weighted by Gasteiger charge is 2.86. The van der Waals surface area contributed by atoms with E-state index in [4.69, 9.17) is 16.1 Å². The molecule has 9 nitrogen and oxygen atoms in total. The van der Waals surface area contributed by atoms with E-state index in [1.54, 1.807) is 0 Å². The van der Waals surface area contributed by atoms with Crippen LogP contribution >= 0.6 is 0 Å². The standard InChI is InChI=1S/C39H35F11N6O3/c1-3-20-16-56-21(15-51-20)7-9-27-29-32(30(41)31(52-27)25-13-22(57)12-19-6-8-26(40)24(4-2)28(19)25)53-34(54-33(29)56)58-18-35-10-5-11-55(35)17-23(14-35)59-36(37(42,43)44,38(45,46)47)39(48,49)50/h2,6,8,12-13,20-21,23,51,57H,3,5,7,9-11,14-18H2,1H3/t20-,21-,23+,35+/m1/s1. The lowest BCUT2D eigenvalue weighted by Gasteiger charge is -2.40. The summed E-state index contributed by atoms with van der Waals surface area (Å²) in [5, 5.41) is 14.8. The minimum absolute atomic E-state index is 0.00595. The van der Waals surface area contributed by atoms with Gasteiger partial charge < -0.3 is 24.8 Å². The second kappa shape index (κ2) is 14.2. The van der Waals surface area contributed by atoms with Crippen molar-refractivity contribution in [3.05, 3.63) is 47.2 Å². The Labute approximate surface area is 328 Å². The summed E-state index contributed by atoms with van der Waals surface area (Å²) in [7, 11) is 0. The fourth-order valence-corrected chi connectivity index (χ4v) is 9.23. The maximum absolute atomic E-state index is 17.2. The maximum atomic E-state index is 17.2. The number of nitrogens with one attached hydrogen (secondary N) is 1. The van der Waals surface area contributed by atoms with Gasteiger partial charge in [0.15, 0.2) is 5.82 Å². The molecule has 2 aromatic carbocycles. The maximum Gasteiger partial charge on any atom is 0.435 e. The largest absolute Gasteiger partial charge is 0.508 e. The highest BCUT2D eigenvalue weighted by molar-refractivity contribution is 6.03. The lowest BCUT2D eigenvalue weighted by atomic mass is 9.93. The summed E-state index contributed by atoms with van der Waals surface area (Å²) in [4.78, 5) is 17.2. The third-order valence-electron chi connectivity index (χ3n) is 12.0. The van der Waals surface area contributed by atoms with E-state index in [-0.39, 0.29) is 69.7 Å². The number of aromatic nitrogens is 3. The minimum Gasteiger partial charge on any atom is -0.508 e. The summed E-state index contributed by atoms with van der Waals surface area (Å²) in [5.41, 5.74) is -8.31. The van der Waals surface area contributed by atoms with Crippen molar-refractivity contribution in [3.63, 3.8) is 0 Å². The van der Waals surface area contributed by atoms with Gasteiger partial charge in [-0.05, 0) is 68.7 Å².